The number of hydrogen-bond donors (Lipinski definition) is 0. The average molecular weight is 362 g/mol. The van der Waals surface area contributed by atoms with Crippen LogP contribution < -0.4 is 9.47 Å². The summed E-state index contributed by atoms with van der Waals surface area (Å²) in [5.74, 6) is 2.24. The smallest absolute Gasteiger partial charge is 0.266 e. The molecule has 1 aliphatic rings. The number of aryl methyl sites for hydroxylation is 1. The molecule has 0 amide bonds. The van der Waals surface area contributed by atoms with E-state index in [9.17, 15) is 0 Å². The minimum absolute atomic E-state index is 0.327. The van der Waals surface area contributed by atoms with Crippen molar-refractivity contribution >= 4 is 5.65 Å². The standard InChI is InChI=1S/C20H18N4O3/c1-12-18(24-10-4-3-5-17(24)21-12)20-23-22-19(27-20)15-9-8-14(11-16(15)25-2)26-13-6-7-13/h3-5,8-11,13H,6-7H2,1-2H3. The average Bonchev–Trinajstić information content (AvgIpc) is 3.25. The van der Waals surface area contributed by atoms with E-state index in [1.807, 2.05) is 53.9 Å². The molecule has 0 saturated heterocycles. The molecule has 0 spiro atoms. The Morgan fingerprint density at radius 3 is 2.78 bits per heavy atom. The Morgan fingerprint density at radius 1 is 1.11 bits per heavy atom. The predicted octanol–water partition coefficient (Wildman–Crippen LogP) is 3.91. The van der Waals surface area contributed by atoms with Gasteiger partial charge in [-0.3, -0.25) is 4.40 Å². The highest BCUT2D eigenvalue weighted by Crippen LogP contribution is 2.36. The normalized spacial score (nSPS) is 13.9. The second-order valence-corrected chi connectivity index (χ2v) is 6.57. The van der Waals surface area contributed by atoms with Crippen molar-refractivity contribution in [1.29, 1.82) is 0 Å². The van der Waals surface area contributed by atoms with Crippen LogP contribution in [0.15, 0.2) is 47.0 Å². The summed E-state index contributed by atoms with van der Waals surface area (Å²) in [5.41, 5.74) is 3.18. The van der Waals surface area contributed by atoms with Crippen molar-refractivity contribution in [3.8, 4) is 34.5 Å². The maximum atomic E-state index is 5.97. The Morgan fingerprint density at radius 2 is 1.96 bits per heavy atom. The van der Waals surface area contributed by atoms with Crippen molar-refractivity contribution in [2.45, 2.75) is 25.9 Å². The van der Waals surface area contributed by atoms with Crippen LogP contribution in [-0.4, -0.2) is 32.8 Å². The number of nitrogens with zero attached hydrogens (tertiary/aromatic N) is 4. The van der Waals surface area contributed by atoms with Gasteiger partial charge in [0.1, 0.15) is 22.8 Å². The first-order valence-corrected chi connectivity index (χ1v) is 8.85. The van der Waals surface area contributed by atoms with Crippen LogP contribution in [0.2, 0.25) is 0 Å². The van der Waals surface area contributed by atoms with Crippen LogP contribution in [0, 0.1) is 6.92 Å². The summed E-state index contributed by atoms with van der Waals surface area (Å²) in [5, 5.41) is 8.46. The zero-order valence-electron chi connectivity index (χ0n) is 15.0. The van der Waals surface area contributed by atoms with Gasteiger partial charge in [0.15, 0.2) is 0 Å². The van der Waals surface area contributed by atoms with Crippen LogP contribution in [0.3, 0.4) is 0 Å². The number of hydrogen-bond acceptors (Lipinski definition) is 6. The summed E-state index contributed by atoms with van der Waals surface area (Å²) >= 11 is 0. The summed E-state index contributed by atoms with van der Waals surface area (Å²) < 4.78 is 19.3. The summed E-state index contributed by atoms with van der Waals surface area (Å²) in [6.45, 7) is 1.93. The van der Waals surface area contributed by atoms with Gasteiger partial charge in [-0.2, -0.15) is 0 Å². The lowest BCUT2D eigenvalue weighted by atomic mass is 10.2. The van der Waals surface area contributed by atoms with Crippen molar-refractivity contribution in [3.63, 3.8) is 0 Å². The molecule has 7 nitrogen and oxygen atoms in total. The van der Waals surface area contributed by atoms with E-state index < -0.39 is 0 Å². The quantitative estimate of drug-likeness (QED) is 0.536. The molecule has 3 heterocycles. The zero-order chi connectivity index (χ0) is 18.4. The summed E-state index contributed by atoms with van der Waals surface area (Å²) in [4.78, 5) is 4.54. The number of methoxy groups -OCH3 is 1. The van der Waals surface area contributed by atoms with E-state index in [0.717, 1.165) is 41.2 Å². The largest absolute Gasteiger partial charge is 0.496 e. The molecule has 0 aliphatic heterocycles. The van der Waals surface area contributed by atoms with E-state index in [1.165, 1.54) is 0 Å². The SMILES string of the molecule is COc1cc(OC2CC2)ccc1-c1nnc(-c2c(C)nc3ccccn23)o1. The van der Waals surface area contributed by atoms with Gasteiger partial charge in [-0.1, -0.05) is 6.07 Å². The monoisotopic (exact) mass is 362 g/mol. The van der Waals surface area contributed by atoms with E-state index in [0.29, 0.717) is 23.6 Å². The Hall–Kier alpha value is -3.35. The third-order valence-corrected chi connectivity index (χ3v) is 4.56. The fourth-order valence-corrected chi connectivity index (χ4v) is 3.10. The van der Waals surface area contributed by atoms with Gasteiger partial charge in [0.25, 0.3) is 11.8 Å². The van der Waals surface area contributed by atoms with Crippen molar-refractivity contribution in [1.82, 2.24) is 19.6 Å². The molecule has 0 N–H and O–H groups in total. The third-order valence-electron chi connectivity index (χ3n) is 4.56. The molecule has 0 atom stereocenters. The fourth-order valence-electron chi connectivity index (χ4n) is 3.10. The molecule has 0 unspecified atom stereocenters. The number of fused-ring (bicyclic) bond motifs is 1. The van der Waals surface area contributed by atoms with E-state index in [2.05, 4.69) is 15.2 Å². The molecule has 0 bridgehead atoms. The minimum atomic E-state index is 0.327. The fraction of sp³-hybridized carbons (Fsp3) is 0.250. The highest BCUT2D eigenvalue weighted by Gasteiger charge is 2.24. The van der Waals surface area contributed by atoms with Gasteiger partial charge in [0.05, 0.1) is 24.5 Å². The molecule has 5 rings (SSSR count). The van der Waals surface area contributed by atoms with E-state index in [-0.39, 0.29) is 0 Å². The number of rotatable bonds is 5. The van der Waals surface area contributed by atoms with Crippen molar-refractivity contribution in [2.24, 2.45) is 0 Å². The Labute approximate surface area is 155 Å². The van der Waals surface area contributed by atoms with Crippen LogP contribution in [0.5, 0.6) is 11.5 Å². The lowest BCUT2D eigenvalue weighted by molar-refractivity contribution is 0.301. The molecular formula is C20H18N4O3. The van der Waals surface area contributed by atoms with Crippen molar-refractivity contribution in [2.75, 3.05) is 7.11 Å². The van der Waals surface area contributed by atoms with Crippen LogP contribution >= 0.6 is 0 Å². The van der Waals surface area contributed by atoms with Gasteiger partial charge >= 0.3 is 0 Å². The van der Waals surface area contributed by atoms with Crippen molar-refractivity contribution in [3.05, 3.63) is 48.3 Å². The first kappa shape index (κ1) is 15.9. The van der Waals surface area contributed by atoms with Gasteiger partial charge in [0.2, 0.25) is 0 Å². The number of benzene rings is 1. The van der Waals surface area contributed by atoms with Gasteiger partial charge in [0, 0.05) is 12.3 Å². The number of aromatic nitrogens is 4. The first-order chi connectivity index (χ1) is 13.2. The minimum Gasteiger partial charge on any atom is -0.496 e. The third kappa shape index (κ3) is 2.81. The number of pyridine rings is 1. The molecule has 1 aliphatic carbocycles. The van der Waals surface area contributed by atoms with Gasteiger partial charge in [-0.05, 0) is 44.0 Å². The molecule has 3 aromatic heterocycles. The van der Waals surface area contributed by atoms with Crippen LogP contribution in [-0.2, 0) is 0 Å². The van der Waals surface area contributed by atoms with Gasteiger partial charge in [-0.15, -0.1) is 10.2 Å². The predicted molar refractivity (Wildman–Crippen MR) is 98.9 cm³/mol. The van der Waals surface area contributed by atoms with Crippen molar-refractivity contribution < 1.29 is 13.9 Å². The Bertz CT molecular complexity index is 1130. The second kappa shape index (κ2) is 6.12. The second-order valence-electron chi connectivity index (χ2n) is 6.57. The molecule has 7 heteroatoms. The lowest BCUT2D eigenvalue weighted by Crippen LogP contribution is -1.97. The van der Waals surface area contributed by atoms with Gasteiger partial charge < -0.3 is 13.9 Å². The summed E-state index contributed by atoms with van der Waals surface area (Å²) in [6.07, 6.45) is 4.47. The van der Waals surface area contributed by atoms with Crippen LogP contribution in [0.1, 0.15) is 18.5 Å². The Kier molecular flexibility index (Phi) is 3.60. The molecule has 4 aromatic rings. The molecule has 1 saturated carbocycles. The molecule has 136 valence electrons. The first-order valence-electron chi connectivity index (χ1n) is 8.85. The molecule has 1 aromatic carbocycles. The number of ether oxygens (including phenoxy) is 2. The van der Waals surface area contributed by atoms with E-state index in [4.69, 9.17) is 13.9 Å². The summed E-state index contributed by atoms with van der Waals surface area (Å²) in [7, 11) is 1.62. The number of imidazole rings is 1. The van der Waals surface area contributed by atoms with E-state index in [1.54, 1.807) is 7.11 Å². The van der Waals surface area contributed by atoms with Crippen LogP contribution in [0.4, 0.5) is 0 Å². The molecule has 0 radical (unpaired) electrons. The Balaban J connectivity index is 1.54. The molecular weight excluding hydrogens is 344 g/mol. The molecule has 27 heavy (non-hydrogen) atoms. The summed E-state index contributed by atoms with van der Waals surface area (Å²) in [6, 6.07) is 11.5. The highest BCUT2D eigenvalue weighted by atomic mass is 16.5. The van der Waals surface area contributed by atoms with E-state index >= 15 is 0 Å². The maximum Gasteiger partial charge on any atom is 0.266 e. The topological polar surface area (TPSA) is 74.7 Å². The lowest BCUT2D eigenvalue weighted by Gasteiger charge is -2.09. The van der Waals surface area contributed by atoms with Crippen LogP contribution in [0.25, 0.3) is 28.7 Å². The molecule has 1 fully saturated rings. The highest BCUT2D eigenvalue weighted by molar-refractivity contribution is 5.66. The van der Waals surface area contributed by atoms with Gasteiger partial charge in [-0.25, -0.2) is 4.98 Å². The maximum absolute atomic E-state index is 5.97. The zero-order valence-corrected chi connectivity index (χ0v) is 15.0.